The molecule has 110 valence electrons. The zero-order valence-electron chi connectivity index (χ0n) is 11.1. The highest BCUT2D eigenvalue weighted by atomic mass is 79.9. The third kappa shape index (κ3) is 2.99. The SMILES string of the molecule is Clc1ccc([C@@]2(CBr)OC[C@@H](c3ccccc3)O2)c(Cl)c1. The summed E-state index contributed by atoms with van der Waals surface area (Å²) in [5.41, 5.74) is 1.87. The van der Waals surface area contributed by atoms with Crippen molar-refractivity contribution in [2.24, 2.45) is 0 Å². The number of benzene rings is 2. The van der Waals surface area contributed by atoms with Crippen molar-refractivity contribution in [2.75, 3.05) is 11.9 Å². The number of halogens is 3. The molecule has 0 amide bonds. The molecule has 2 aromatic rings. The summed E-state index contributed by atoms with van der Waals surface area (Å²) in [6.45, 7) is 0.481. The number of hydrogen-bond acceptors (Lipinski definition) is 2. The molecule has 0 spiro atoms. The van der Waals surface area contributed by atoms with E-state index in [2.05, 4.69) is 15.9 Å². The van der Waals surface area contributed by atoms with Crippen LogP contribution in [0, 0.1) is 0 Å². The zero-order chi connectivity index (χ0) is 14.9. The molecule has 0 unspecified atom stereocenters. The summed E-state index contributed by atoms with van der Waals surface area (Å²) in [7, 11) is 0. The van der Waals surface area contributed by atoms with E-state index in [9.17, 15) is 0 Å². The lowest BCUT2D eigenvalue weighted by molar-refractivity contribution is -0.157. The summed E-state index contributed by atoms with van der Waals surface area (Å²) in [6, 6.07) is 15.3. The van der Waals surface area contributed by atoms with Gasteiger partial charge < -0.3 is 9.47 Å². The maximum Gasteiger partial charge on any atom is 0.207 e. The van der Waals surface area contributed by atoms with Gasteiger partial charge in [-0.2, -0.15) is 0 Å². The minimum atomic E-state index is -0.887. The van der Waals surface area contributed by atoms with Crippen LogP contribution in [0.25, 0.3) is 0 Å². The Morgan fingerprint density at radius 3 is 2.57 bits per heavy atom. The van der Waals surface area contributed by atoms with Crippen LogP contribution in [0.3, 0.4) is 0 Å². The van der Waals surface area contributed by atoms with Gasteiger partial charge in [0.2, 0.25) is 5.79 Å². The number of rotatable bonds is 3. The average molecular weight is 388 g/mol. The van der Waals surface area contributed by atoms with Crippen molar-refractivity contribution in [3.05, 3.63) is 69.7 Å². The van der Waals surface area contributed by atoms with Crippen LogP contribution in [0.15, 0.2) is 48.5 Å². The Morgan fingerprint density at radius 2 is 1.90 bits per heavy atom. The minimum Gasteiger partial charge on any atom is -0.342 e. The van der Waals surface area contributed by atoms with Gasteiger partial charge in [-0.25, -0.2) is 0 Å². The summed E-state index contributed by atoms with van der Waals surface area (Å²) >= 11 is 15.7. The van der Waals surface area contributed by atoms with E-state index >= 15 is 0 Å². The fourth-order valence-electron chi connectivity index (χ4n) is 2.42. The highest BCUT2D eigenvalue weighted by Crippen LogP contribution is 2.44. The molecule has 1 aliphatic rings. The van der Waals surface area contributed by atoms with Gasteiger partial charge in [0, 0.05) is 10.6 Å². The van der Waals surface area contributed by atoms with Gasteiger partial charge in [-0.3, -0.25) is 0 Å². The van der Waals surface area contributed by atoms with Gasteiger partial charge in [-0.15, -0.1) is 0 Å². The van der Waals surface area contributed by atoms with Crippen molar-refractivity contribution in [3.63, 3.8) is 0 Å². The second-order valence-electron chi connectivity index (χ2n) is 4.84. The van der Waals surface area contributed by atoms with Crippen molar-refractivity contribution in [1.82, 2.24) is 0 Å². The second-order valence-corrected chi connectivity index (χ2v) is 6.24. The largest absolute Gasteiger partial charge is 0.342 e. The molecule has 0 bridgehead atoms. The van der Waals surface area contributed by atoms with E-state index in [1.54, 1.807) is 12.1 Å². The Hall–Kier alpha value is -0.580. The smallest absolute Gasteiger partial charge is 0.207 e. The molecule has 5 heteroatoms. The van der Waals surface area contributed by atoms with Gasteiger partial charge in [-0.1, -0.05) is 75.5 Å². The standard InChI is InChI=1S/C16H13BrCl2O2/c17-10-16(13-7-6-12(18)8-14(13)19)20-9-15(21-16)11-4-2-1-3-5-11/h1-8,15H,9-10H2/t15-,16-/m0/s1. The quantitative estimate of drug-likeness (QED) is 0.662. The Morgan fingerprint density at radius 1 is 1.14 bits per heavy atom. The first-order valence-corrected chi connectivity index (χ1v) is 8.40. The lowest BCUT2D eigenvalue weighted by Crippen LogP contribution is -2.29. The predicted octanol–water partition coefficient (Wildman–Crippen LogP) is 5.33. The predicted molar refractivity (Wildman–Crippen MR) is 88.2 cm³/mol. The van der Waals surface area contributed by atoms with Crippen molar-refractivity contribution >= 4 is 39.1 Å². The van der Waals surface area contributed by atoms with Gasteiger partial charge in [0.25, 0.3) is 0 Å². The first kappa shape index (κ1) is 15.3. The molecule has 0 N–H and O–H groups in total. The minimum absolute atomic E-state index is 0.115. The zero-order valence-corrected chi connectivity index (χ0v) is 14.2. The van der Waals surface area contributed by atoms with Gasteiger partial charge >= 0.3 is 0 Å². The van der Waals surface area contributed by atoms with Gasteiger partial charge in [0.05, 0.1) is 17.0 Å². The summed E-state index contributed by atoms with van der Waals surface area (Å²) in [5, 5.41) is 1.62. The van der Waals surface area contributed by atoms with Crippen LogP contribution in [0.1, 0.15) is 17.2 Å². The van der Waals surface area contributed by atoms with Crippen LogP contribution in [0.2, 0.25) is 10.0 Å². The van der Waals surface area contributed by atoms with Crippen molar-refractivity contribution in [3.8, 4) is 0 Å². The molecule has 0 radical (unpaired) electrons. The first-order valence-electron chi connectivity index (χ1n) is 6.53. The van der Waals surface area contributed by atoms with E-state index in [0.29, 0.717) is 22.0 Å². The molecule has 0 saturated carbocycles. The maximum absolute atomic E-state index is 6.31. The summed E-state index contributed by atoms with van der Waals surface area (Å²) in [4.78, 5) is 0. The van der Waals surface area contributed by atoms with Crippen molar-refractivity contribution < 1.29 is 9.47 Å². The van der Waals surface area contributed by atoms with E-state index in [4.69, 9.17) is 32.7 Å². The second kappa shape index (κ2) is 6.27. The molecule has 2 aromatic carbocycles. The first-order chi connectivity index (χ1) is 10.1. The molecule has 21 heavy (non-hydrogen) atoms. The Labute approximate surface area is 142 Å². The Kier molecular flexibility index (Phi) is 4.57. The Bertz CT molecular complexity index is 635. The van der Waals surface area contributed by atoms with Crippen molar-refractivity contribution in [1.29, 1.82) is 0 Å². The monoisotopic (exact) mass is 386 g/mol. The van der Waals surface area contributed by atoms with Crippen LogP contribution in [-0.4, -0.2) is 11.9 Å². The lowest BCUT2D eigenvalue weighted by Gasteiger charge is -2.27. The summed E-state index contributed by atoms with van der Waals surface area (Å²) in [5.74, 6) is -0.887. The summed E-state index contributed by atoms with van der Waals surface area (Å²) < 4.78 is 12.2. The van der Waals surface area contributed by atoms with Gasteiger partial charge in [-0.05, 0) is 17.7 Å². The third-order valence-electron chi connectivity index (χ3n) is 3.49. The molecule has 0 aliphatic carbocycles. The molecular formula is C16H13BrCl2O2. The number of alkyl halides is 1. The lowest BCUT2D eigenvalue weighted by atomic mass is 10.1. The van der Waals surface area contributed by atoms with Crippen LogP contribution < -0.4 is 0 Å². The normalized spacial score (nSPS) is 25.2. The topological polar surface area (TPSA) is 18.5 Å². The van der Waals surface area contributed by atoms with E-state index in [-0.39, 0.29) is 6.10 Å². The molecule has 1 saturated heterocycles. The highest BCUT2D eigenvalue weighted by Gasteiger charge is 2.44. The fraction of sp³-hybridized carbons (Fsp3) is 0.250. The number of ether oxygens (including phenoxy) is 2. The van der Waals surface area contributed by atoms with Crippen LogP contribution in [0.4, 0.5) is 0 Å². The molecule has 3 rings (SSSR count). The third-order valence-corrected chi connectivity index (χ3v) is 4.78. The summed E-state index contributed by atoms with van der Waals surface area (Å²) in [6.07, 6.45) is -0.115. The molecule has 1 fully saturated rings. The van der Waals surface area contributed by atoms with Crippen LogP contribution >= 0.6 is 39.1 Å². The van der Waals surface area contributed by atoms with Crippen molar-refractivity contribution in [2.45, 2.75) is 11.9 Å². The maximum atomic E-state index is 6.31. The van der Waals surface area contributed by atoms with Gasteiger partial charge in [0.15, 0.2) is 0 Å². The molecule has 1 aliphatic heterocycles. The average Bonchev–Trinajstić information content (AvgIpc) is 2.94. The highest BCUT2D eigenvalue weighted by molar-refractivity contribution is 9.09. The van der Waals surface area contributed by atoms with E-state index in [1.807, 2.05) is 36.4 Å². The van der Waals surface area contributed by atoms with E-state index in [0.717, 1.165) is 11.1 Å². The number of hydrogen-bond donors (Lipinski definition) is 0. The Balaban J connectivity index is 1.92. The van der Waals surface area contributed by atoms with E-state index < -0.39 is 5.79 Å². The molecule has 0 aromatic heterocycles. The van der Waals surface area contributed by atoms with E-state index in [1.165, 1.54) is 0 Å². The van der Waals surface area contributed by atoms with Gasteiger partial charge in [0.1, 0.15) is 6.10 Å². The molecular weight excluding hydrogens is 375 g/mol. The molecule has 1 heterocycles. The van der Waals surface area contributed by atoms with Crippen LogP contribution in [-0.2, 0) is 15.3 Å². The molecule has 2 atom stereocenters. The van der Waals surface area contributed by atoms with Crippen LogP contribution in [0.5, 0.6) is 0 Å². The molecule has 2 nitrogen and oxygen atoms in total. The fourth-order valence-corrected chi connectivity index (χ4v) is 3.57.